The third kappa shape index (κ3) is 2.00. The van der Waals surface area contributed by atoms with Crippen molar-refractivity contribution in [3.63, 3.8) is 0 Å². The highest BCUT2D eigenvalue weighted by molar-refractivity contribution is 5.32. The molecule has 0 radical (unpaired) electrons. The molecule has 0 aliphatic heterocycles. The predicted molar refractivity (Wildman–Crippen MR) is 54.4 cm³/mol. The Morgan fingerprint density at radius 2 is 1.79 bits per heavy atom. The minimum Gasteiger partial charge on any atom is -0.381 e. The molecule has 78 valence electrons. The molecule has 1 aromatic heterocycles. The maximum atomic E-state index is 13.1. The fourth-order valence-corrected chi connectivity index (χ4v) is 1.11. The van der Waals surface area contributed by atoms with E-state index in [1.54, 1.807) is 6.92 Å². The van der Waals surface area contributed by atoms with E-state index < -0.39 is 5.82 Å². The Hall–Kier alpha value is -1.19. The molecule has 0 amide bonds. The van der Waals surface area contributed by atoms with Crippen molar-refractivity contribution in [3.8, 4) is 0 Å². The zero-order valence-corrected chi connectivity index (χ0v) is 9.00. The fourth-order valence-electron chi connectivity index (χ4n) is 1.11. The first-order chi connectivity index (χ1) is 6.43. The van der Waals surface area contributed by atoms with Crippen LogP contribution in [0.3, 0.4) is 0 Å². The van der Waals surface area contributed by atoms with Crippen molar-refractivity contribution in [1.82, 2.24) is 9.97 Å². The summed E-state index contributed by atoms with van der Waals surface area (Å²) in [5.74, 6) is 0.664. The average Bonchev–Trinajstić information content (AvgIpc) is 2.12. The van der Waals surface area contributed by atoms with Crippen LogP contribution in [0.25, 0.3) is 0 Å². The van der Waals surface area contributed by atoms with Crippen LogP contribution in [0.5, 0.6) is 0 Å². The van der Waals surface area contributed by atoms with E-state index in [0.29, 0.717) is 17.4 Å². The Labute approximate surface area is 83.6 Å². The van der Waals surface area contributed by atoms with Gasteiger partial charge in [0.15, 0.2) is 11.6 Å². The number of hydrogen-bond acceptors (Lipinski definition) is 3. The molecule has 1 rings (SSSR count). The van der Waals surface area contributed by atoms with E-state index in [1.165, 1.54) is 0 Å². The number of hydrogen-bond donors (Lipinski definition) is 1. The highest BCUT2D eigenvalue weighted by Gasteiger charge is 2.16. The monoisotopic (exact) mass is 197 g/mol. The second-order valence-corrected chi connectivity index (χ2v) is 3.90. The number of aryl methyl sites for hydroxylation is 1. The second kappa shape index (κ2) is 3.90. The summed E-state index contributed by atoms with van der Waals surface area (Å²) in [6.07, 6.45) is 0. The summed E-state index contributed by atoms with van der Waals surface area (Å²) in [6.45, 7) is 7.76. The van der Waals surface area contributed by atoms with Crippen molar-refractivity contribution in [2.45, 2.75) is 33.6 Å². The molecule has 0 spiro atoms. The SMILES string of the molecule is Cc1nc(C(C)C(C)C)nc(N)c1F. The molecule has 0 aromatic carbocycles. The molecule has 0 bridgehead atoms. The fraction of sp³-hybridized carbons (Fsp3) is 0.600. The molecule has 1 aromatic rings. The molecule has 2 N–H and O–H groups in total. The molecule has 0 fully saturated rings. The molecule has 0 aliphatic carbocycles. The predicted octanol–water partition coefficient (Wildman–Crippen LogP) is 2.27. The van der Waals surface area contributed by atoms with E-state index in [4.69, 9.17) is 5.73 Å². The van der Waals surface area contributed by atoms with Crippen molar-refractivity contribution >= 4 is 5.82 Å². The number of nitrogens with zero attached hydrogens (tertiary/aromatic N) is 2. The van der Waals surface area contributed by atoms with Gasteiger partial charge >= 0.3 is 0 Å². The quantitative estimate of drug-likeness (QED) is 0.791. The van der Waals surface area contributed by atoms with E-state index in [2.05, 4.69) is 23.8 Å². The molecule has 1 atom stereocenters. The summed E-state index contributed by atoms with van der Waals surface area (Å²) in [5, 5.41) is 0. The van der Waals surface area contributed by atoms with Crippen molar-refractivity contribution in [1.29, 1.82) is 0 Å². The molecule has 4 heteroatoms. The van der Waals surface area contributed by atoms with Gasteiger partial charge in [-0.15, -0.1) is 0 Å². The number of nitrogens with two attached hydrogens (primary N) is 1. The number of rotatable bonds is 2. The normalized spacial score (nSPS) is 13.3. The molecule has 0 aliphatic rings. The Morgan fingerprint density at radius 3 is 2.21 bits per heavy atom. The maximum absolute atomic E-state index is 13.1. The smallest absolute Gasteiger partial charge is 0.186 e. The van der Waals surface area contributed by atoms with Crippen LogP contribution in [0.2, 0.25) is 0 Å². The molecule has 0 saturated heterocycles. The van der Waals surface area contributed by atoms with Gasteiger partial charge in [0.1, 0.15) is 5.82 Å². The van der Waals surface area contributed by atoms with Gasteiger partial charge in [0, 0.05) is 5.92 Å². The molecule has 3 nitrogen and oxygen atoms in total. The van der Waals surface area contributed by atoms with Crippen molar-refractivity contribution in [2.75, 3.05) is 5.73 Å². The highest BCUT2D eigenvalue weighted by atomic mass is 19.1. The lowest BCUT2D eigenvalue weighted by atomic mass is 9.97. The summed E-state index contributed by atoms with van der Waals surface area (Å²) in [6, 6.07) is 0. The lowest BCUT2D eigenvalue weighted by Crippen LogP contribution is -2.11. The first-order valence-electron chi connectivity index (χ1n) is 4.73. The molecule has 1 unspecified atom stereocenters. The molecule has 0 saturated carbocycles. The van der Waals surface area contributed by atoms with Crippen LogP contribution in [0.4, 0.5) is 10.2 Å². The van der Waals surface area contributed by atoms with E-state index in [-0.39, 0.29) is 11.7 Å². The summed E-state index contributed by atoms with van der Waals surface area (Å²) in [5.41, 5.74) is 5.75. The van der Waals surface area contributed by atoms with Gasteiger partial charge in [-0.3, -0.25) is 0 Å². The van der Waals surface area contributed by atoms with Gasteiger partial charge < -0.3 is 5.73 Å². The Bertz CT molecular complexity index is 313. The van der Waals surface area contributed by atoms with Gasteiger partial charge in [0.05, 0.1) is 5.69 Å². The van der Waals surface area contributed by atoms with Gasteiger partial charge in [-0.25, -0.2) is 14.4 Å². The highest BCUT2D eigenvalue weighted by Crippen LogP contribution is 2.22. The lowest BCUT2D eigenvalue weighted by molar-refractivity contribution is 0.502. The first-order valence-corrected chi connectivity index (χ1v) is 4.73. The summed E-state index contributed by atoms with van der Waals surface area (Å²) in [7, 11) is 0. The second-order valence-electron chi connectivity index (χ2n) is 3.90. The number of anilines is 1. The van der Waals surface area contributed by atoms with Gasteiger partial charge in [-0.1, -0.05) is 20.8 Å². The minimum atomic E-state index is -0.510. The van der Waals surface area contributed by atoms with E-state index in [1.807, 2.05) is 6.92 Å². The first kappa shape index (κ1) is 10.9. The van der Waals surface area contributed by atoms with E-state index >= 15 is 0 Å². The number of aromatic nitrogens is 2. The lowest BCUT2D eigenvalue weighted by Gasteiger charge is -2.14. The summed E-state index contributed by atoms with van der Waals surface area (Å²) >= 11 is 0. The van der Waals surface area contributed by atoms with Crippen LogP contribution < -0.4 is 5.73 Å². The third-order valence-electron chi connectivity index (χ3n) is 2.47. The third-order valence-corrected chi connectivity index (χ3v) is 2.47. The topological polar surface area (TPSA) is 51.8 Å². The van der Waals surface area contributed by atoms with Crippen LogP contribution in [0, 0.1) is 18.7 Å². The molecular formula is C10H16FN3. The maximum Gasteiger partial charge on any atom is 0.186 e. The van der Waals surface area contributed by atoms with Crippen LogP contribution in [-0.2, 0) is 0 Å². The largest absolute Gasteiger partial charge is 0.381 e. The molecular weight excluding hydrogens is 181 g/mol. The van der Waals surface area contributed by atoms with Crippen LogP contribution in [-0.4, -0.2) is 9.97 Å². The standard InChI is InChI=1S/C10H16FN3/c1-5(2)6(3)10-13-7(4)8(11)9(12)14-10/h5-6H,1-4H3,(H2,12,13,14). The Morgan fingerprint density at radius 1 is 1.21 bits per heavy atom. The van der Waals surface area contributed by atoms with Crippen LogP contribution >= 0.6 is 0 Å². The van der Waals surface area contributed by atoms with Gasteiger partial charge in [0.25, 0.3) is 0 Å². The minimum absolute atomic E-state index is 0.0556. The summed E-state index contributed by atoms with van der Waals surface area (Å²) < 4.78 is 13.1. The van der Waals surface area contributed by atoms with Gasteiger partial charge in [-0.2, -0.15) is 0 Å². The Kier molecular flexibility index (Phi) is 3.03. The molecule has 14 heavy (non-hydrogen) atoms. The van der Waals surface area contributed by atoms with E-state index in [9.17, 15) is 4.39 Å². The van der Waals surface area contributed by atoms with Gasteiger partial charge in [0.2, 0.25) is 0 Å². The van der Waals surface area contributed by atoms with E-state index in [0.717, 1.165) is 0 Å². The van der Waals surface area contributed by atoms with Crippen molar-refractivity contribution < 1.29 is 4.39 Å². The number of halogens is 1. The van der Waals surface area contributed by atoms with Crippen LogP contribution in [0.1, 0.15) is 38.2 Å². The summed E-state index contributed by atoms with van der Waals surface area (Å²) in [4.78, 5) is 8.04. The van der Waals surface area contributed by atoms with Crippen molar-refractivity contribution in [3.05, 3.63) is 17.3 Å². The van der Waals surface area contributed by atoms with Crippen molar-refractivity contribution in [2.24, 2.45) is 5.92 Å². The number of nitrogen functional groups attached to an aromatic ring is 1. The zero-order chi connectivity index (χ0) is 10.9. The van der Waals surface area contributed by atoms with Gasteiger partial charge in [-0.05, 0) is 12.8 Å². The average molecular weight is 197 g/mol. The Balaban J connectivity index is 3.12. The van der Waals surface area contributed by atoms with Crippen LogP contribution in [0.15, 0.2) is 0 Å². The zero-order valence-electron chi connectivity index (χ0n) is 9.00. The molecule has 1 heterocycles.